The van der Waals surface area contributed by atoms with E-state index in [4.69, 9.17) is 4.74 Å². The van der Waals surface area contributed by atoms with Crippen LogP contribution in [0.4, 0.5) is 4.79 Å². The highest BCUT2D eigenvalue weighted by Crippen LogP contribution is 2.44. The van der Waals surface area contributed by atoms with Crippen LogP contribution in [0.5, 0.6) is 5.75 Å². The Morgan fingerprint density at radius 3 is 2.79 bits per heavy atom. The molecule has 0 saturated carbocycles. The zero-order valence-electron chi connectivity index (χ0n) is 19.5. The van der Waals surface area contributed by atoms with Gasteiger partial charge in [0.1, 0.15) is 5.75 Å². The van der Waals surface area contributed by atoms with Gasteiger partial charge in [-0.2, -0.15) is 0 Å². The van der Waals surface area contributed by atoms with Crippen LogP contribution in [0.2, 0.25) is 0 Å². The minimum Gasteiger partial charge on any atom is -0.496 e. The van der Waals surface area contributed by atoms with Crippen molar-refractivity contribution in [1.82, 2.24) is 15.1 Å². The molecule has 0 aromatic heterocycles. The quantitative estimate of drug-likeness (QED) is 0.774. The number of urea groups is 1. The van der Waals surface area contributed by atoms with Crippen LogP contribution in [-0.4, -0.2) is 54.5 Å². The number of amides is 3. The van der Waals surface area contributed by atoms with E-state index < -0.39 is 0 Å². The van der Waals surface area contributed by atoms with E-state index >= 15 is 0 Å². The molecule has 2 aromatic rings. The molecule has 3 amide bonds. The SMILES string of the molecule is COc1cc2c(cc1C)[C@H]1C[C@@H]3[C@@H](CCCN3C(=O)NCCc3ccccc3)C(=O)N1CC2. The Labute approximate surface area is 195 Å². The number of fused-ring (bicyclic) bond motifs is 4. The van der Waals surface area contributed by atoms with E-state index in [2.05, 4.69) is 41.4 Å². The summed E-state index contributed by atoms with van der Waals surface area (Å²) in [5.41, 5.74) is 4.79. The van der Waals surface area contributed by atoms with E-state index in [1.807, 2.05) is 23.1 Å². The molecule has 0 radical (unpaired) electrons. The van der Waals surface area contributed by atoms with Crippen molar-refractivity contribution in [3.8, 4) is 5.75 Å². The third-order valence-electron chi connectivity index (χ3n) is 7.65. The molecule has 1 N–H and O–H groups in total. The fourth-order valence-corrected chi connectivity index (χ4v) is 5.97. The number of aryl methyl sites for hydroxylation is 1. The number of carbonyl (C=O) groups excluding carboxylic acids is 2. The minimum atomic E-state index is -0.0873. The Hall–Kier alpha value is -3.02. The monoisotopic (exact) mass is 447 g/mol. The molecule has 0 aliphatic carbocycles. The fraction of sp³-hybridized carbons (Fsp3) is 0.481. The van der Waals surface area contributed by atoms with Crippen LogP contribution in [0.3, 0.4) is 0 Å². The maximum Gasteiger partial charge on any atom is 0.317 e. The number of hydrogen-bond acceptors (Lipinski definition) is 3. The van der Waals surface area contributed by atoms with E-state index in [1.165, 1.54) is 16.7 Å². The maximum atomic E-state index is 13.5. The molecule has 0 spiro atoms. The Bertz CT molecular complexity index is 1040. The zero-order chi connectivity index (χ0) is 22.9. The van der Waals surface area contributed by atoms with Gasteiger partial charge in [0.05, 0.1) is 19.1 Å². The number of ether oxygens (including phenoxy) is 1. The molecule has 174 valence electrons. The van der Waals surface area contributed by atoms with Crippen LogP contribution < -0.4 is 10.1 Å². The van der Waals surface area contributed by atoms with E-state index in [-0.39, 0.29) is 29.9 Å². The van der Waals surface area contributed by atoms with Gasteiger partial charge in [0.2, 0.25) is 5.91 Å². The van der Waals surface area contributed by atoms with E-state index in [9.17, 15) is 9.59 Å². The van der Waals surface area contributed by atoms with Crippen molar-refractivity contribution in [3.05, 3.63) is 64.7 Å². The van der Waals surface area contributed by atoms with Gasteiger partial charge in [0.15, 0.2) is 0 Å². The summed E-state index contributed by atoms with van der Waals surface area (Å²) in [5.74, 6) is 1.03. The summed E-state index contributed by atoms with van der Waals surface area (Å²) in [6.07, 6.45) is 4.22. The second-order valence-electron chi connectivity index (χ2n) is 9.53. The number of benzene rings is 2. The van der Waals surface area contributed by atoms with Gasteiger partial charge in [-0.1, -0.05) is 36.4 Å². The number of piperidine rings is 2. The summed E-state index contributed by atoms with van der Waals surface area (Å²) in [7, 11) is 1.70. The lowest BCUT2D eigenvalue weighted by Gasteiger charge is -2.51. The number of carbonyl (C=O) groups is 2. The highest BCUT2D eigenvalue weighted by atomic mass is 16.5. The van der Waals surface area contributed by atoms with Crippen molar-refractivity contribution in [1.29, 1.82) is 0 Å². The second-order valence-corrected chi connectivity index (χ2v) is 9.53. The second kappa shape index (κ2) is 9.08. The van der Waals surface area contributed by atoms with Crippen LogP contribution in [0.1, 0.15) is 47.6 Å². The summed E-state index contributed by atoms with van der Waals surface area (Å²) in [6, 6.07) is 14.5. The van der Waals surface area contributed by atoms with Gasteiger partial charge < -0.3 is 19.9 Å². The van der Waals surface area contributed by atoms with E-state index in [0.717, 1.165) is 50.0 Å². The first-order chi connectivity index (χ1) is 16.1. The smallest absolute Gasteiger partial charge is 0.317 e. The average Bonchev–Trinajstić information content (AvgIpc) is 2.84. The molecule has 6 heteroatoms. The topological polar surface area (TPSA) is 61.9 Å². The molecule has 0 unspecified atom stereocenters. The molecule has 3 aliphatic rings. The third-order valence-corrected chi connectivity index (χ3v) is 7.65. The Balaban J connectivity index is 1.34. The van der Waals surface area contributed by atoms with Crippen LogP contribution >= 0.6 is 0 Å². The predicted octanol–water partition coefficient (Wildman–Crippen LogP) is 3.87. The van der Waals surface area contributed by atoms with Crippen LogP contribution in [-0.2, 0) is 17.6 Å². The summed E-state index contributed by atoms with van der Waals surface area (Å²) < 4.78 is 5.53. The first kappa shape index (κ1) is 21.8. The lowest BCUT2D eigenvalue weighted by atomic mass is 9.76. The molecule has 3 aliphatic heterocycles. The summed E-state index contributed by atoms with van der Waals surface area (Å²) in [6.45, 7) is 4.11. The summed E-state index contributed by atoms with van der Waals surface area (Å²) >= 11 is 0. The lowest BCUT2D eigenvalue weighted by Crippen LogP contribution is -2.61. The molecular formula is C27H33N3O3. The van der Waals surface area contributed by atoms with Gasteiger partial charge >= 0.3 is 6.03 Å². The van der Waals surface area contributed by atoms with Crippen molar-refractivity contribution in [2.75, 3.05) is 26.7 Å². The maximum absolute atomic E-state index is 13.5. The first-order valence-corrected chi connectivity index (χ1v) is 12.1. The first-order valence-electron chi connectivity index (χ1n) is 12.1. The zero-order valence-corrected chi connectivity index (χ0v) is 19.5. The summed E-state index contributed by atoms with van der Waals surface area (Å²) in [4.78, 5) is 30.7. The van der Waals surface area contributed by atoms with Gasteiger partial charge in [-0.25, -0.2) is 4.79 Å². The highest BCUT2D eigenvalue weighted by Gasteiger charge is 2.48. The van der Waals surface area contributed by atoms with Gasteiger partial charge in [0.25, 0.3) is 0 Å². The number of likely N-dealkylation sites (tertiary alicyclic amines) is 1. The van der Waals surface area contributed by atoms with Crippen LogP contribution in [0.25, 0.3) is 0 Å². The van der Waals surface area contributed by atoms with Crippen molar-refractivity contribution in [2.24, 2.45) is 5.92 Å². The molecule has 2 aromatic carbocycles. The van der Waals surface area contributed by atoms with Crippen molar-refractivity contribution < 1.29 is 14.3 Å². The van der Waals surface area contributed by atoms with Crippen molar-refractivity contribution >= 4 is 11.9 Å². The van der Waals surface area contributed by atoms with E-state index in [0.29, 0.717) is 13.1 Å². The molecule has 33 heavy (non-hydrogen) atoms. The van der Waals surface area contributed by atoms with Crippen LogP contribution in [0.15, 0.2) is 42.5 Å². The van der Waals surface area contributed by atoms with Gasteiger partial charge in [-0.05, 0) is 67.3 Å². The van der Waals surface area contributed by atoms with Gasteiger partial charge in [0, 0.05) is 25.7 Å². The Kier molecular flexibility index (Phi) is 6.00. The largest absolute Gasteiger partial charge is 0.496 e. The van der Waals surface area contributed by atoms with E-state index in [1.54, 1.807) is 7.11 Å². The molecule has 5 rings (SSSR count). The lowest BCUT2D eigenvalue weighted by molar-refractivity contribution is -0.148. The highest BCUT2D eigenvalue weighted by molar-refractivity contribution is 5.83. The number of nitrogens with zero attached hydrogens (tertiary/aromatic N) is 2. The van der Waals surface area contributed by atoms with Crippen LogP contribution in [0, 0.1) is 12.8 Å². The fourth-order valence-electron chi connectivity index (χ4n) is 5.97. The number of methoxy groups -OCH3 is 1. The van der Waals surface area contributed by atoms with Gasteiger partial charge in [-0.15, -0.1) is 0 Å². The van der Waals surface area contributed by atoms with Crippen molar-refractivity contribution in [3.63, 3.8) is 0 Å². The van der Waals surface area contributed by atoms with Gasteiger partial charge in [-0.3, -0.25) is 4.79 Å². The van der Waals surface area contributed by atoms with Crippen molar-refractivity contribution in [2.45, 2.75) is 51.1 Å². The minimum absolute atomic E-state index is 0.0322. The predicted molar refractivity (Wildman–Crippen MR) is 127 cm³/mol. The Morgan fingerprint density at radius 2 is 2.00 bits per heavy atom. The number of hydrogen-bond donors (Lipinski definition) is 1. The number of rotatable bonds is 4. The molecule has 3 atom stereocenters. The standard InChI is InChI=1S/C27H33N3O3/c1-18-15-22-20(16-25(18)33-2)11-14-29-24(22)17-23-21(26(29)31)9-6-13-30(23)27(32)28-12-10-19-7-4-3-5-8-19/h3-5,7-8,15-16,21,23-24H,6,9-14,17H2,1-2H3,(H,28,32)/t21-,23-,24-/m1/s1. The molecule has 6 nitrogen and oxygen atoms in total. The number of nitrogens with one attached hydrogen (secondary N) is 1. The molecule has 2 saturated heterocycles. The molecule has 3 heterocycles. The molecular weight excluding hydrogens is 414 g/mol. The normalized spacial score (nSPS) is 23.9. The third kappa shape index (κ3) is 4.07. The summed E-state index contributed by atoms with van der Waals surface area (Å²) in [5, 5.41) is 3.11. The average molecular weight is 448 g/mol. The molecule has 2 fully saturated rings. The Morgan fingerprint density at radius 1 is 1.18 bits per heavy atom. The molecule has 0 bridgehead atoms.